The number of aromatic nitrogens is 2. The molecule has 2 amide bonds. The molecular formula is C14H23N5O3. The maximum absolute atomic E-state index is 12.0. The lowest BCUT2D eigenvalue weighted by Gasteiger charge is -2.21. The number of hydrogen-bond donors (Lipinski definition) is 1. The first-order valence-electron chi connectivity index (χ1n) is 7.37. The molecule has 0 aromatic carbocycles. The maximum atomic E-state index is 12.0. The lowest BCUT2D eigenvalue weighted by molar-refractivity contribution is -0.135. The predicted molar refractivity (Wildman–Crippen MR) is 81.4 cm³/mol. The van der Waals surface area contributed by atoms with Crippen molar-refractivity contribution in [3.8, 4) is 0 Å². The van der Waals surface area contributed by atoms with E-state index in [1.807, 2.05) is 0 Å². The number of rotatable bonds is 5. The van der Waals surface area contributed by atoms with Crippen LogP contribution < -0.4 is 5.32 Å². The van der Waals surface area contributed by atoms with Gasteiger partial charge in [-0.05, 0) is 6.42 Å². The molecule has 0 spiro atoms. The van der Waals surface area contributed by atoms with E-state index in [1.165, 1.54) is 7.11 Å². The molecule has 1 N–H and O–H groups in total. The monoisotopic (exact) mass is 309 g/mol. The van der Waals surface area contributed by atoms with E-state index < -0.39 is 0 Å². The van der Waals surface area contributed by atoms with Crippen LogP contribution in [0.25, 0.3) is 0 Å². The fourth-order valence-electron chi connectivity index (χ4n) is 2.46. The molecular weight excluding hydrogens is 286 g/mol. The second-order valence-corrected chi connectivity index (χ2v) is 5.37. The largest absolute Gasteiger partial charge is 0.375 e. The van der Waals surface area contributed by atoms with Crippen molar-refractivity contribution in [3.05, 3.63) is 12.3 Å². The third-order valence-electron chi connectivity index (χ3n) is 3.56. The molecule has 0 radical (unpaired) electrons. The first-order chi connectivity index (χ1) is 10.6. The van der Waals surface area contributed by atoms with Crippen LogP contribution in [0.2, 0.25) is 0 Å². The van der Waals surface area contributed by atoms with Gasteiger partial charge in [0.1, 0.15) is 6.61 Å². The van der Waals surface area contributed by atoms with Crippen molar-refractivity contribution in [3.63, 3.8) is 0 Å². The number of ether oxygens (including phenoxy) is 1. The van der Waals surface area contributed by atoms with E-state index in [0.29, 0.717) is 32.0 Å². The van der Waals surface area contributed by atoms with Crippen molar-refractivity contribution in [1.29, 1.82) is 0 Å². The normalized spacial score (nSPS) is 16.4. The summed E-state index contributed by atoms with van der Waals surface area (Å²) in [6, 6.07) is 1.76. The summed E-state index contributed by atoms with van der Waals surface area (Å²) < 4.78 is 6.52. The third kappa shape index (κ3) is 4.81. The average molecular weight is 309 g/mol. The highest BCUT2D eigenvalue weighted by Gasteiger charge is 2.20. The smallest absolute Gasteiger partial charge is 0.248 e. The third-order valence-corrected chi connectivity index (χ3v) is 3.56. The molecule has 0 atom stereocenters. The summed E-state index contributed by atoms with van der Waals surface area (Å²) in [5.74, 6) is 0.469. The molecule has 0 saturated carbocycles. The van der Waals surface area contributed by atoms with E-state index in [4.69, 9.17) is 4.74 Å². The molecule has 1 aromatic rings. The predicted octanol–water partition coefficient (Wildman–Crippen LogP) is -0.461. The minimum Gasteiger partial charge on any atom is -0.375 e. The van der Waals surface area contributed by atoms with Crippen LogP contribution in [-0.2, 0) is 21.4 Å². The first kappa shape index (κ1) is 16.4. The minimum absolute atomic E-state index is 0.00212. The Morgan fingerprint density at radius 2 is 2.14 bits per heavy atom. The molecule has 0 aliphatic carbocycles. The molecule has 1 aromatic heterocycles. The van der Waals surface area contributed by atoms with Gasteiger partial charge >= 0.3 is 0 Å². The number of hydrogen-bond acceptors (Lipinski definition) is 5. The molecule has 122 valence electrons. The van der Waals surface area contributed by atoms with Crippen molar-refractivity contribution >= 4 is 17.6 Å². The van der Waals surface area contributed by atoms with Gasteiger partial charge in [0.15, 0.2) is 5.82 Å². The van der Waals surface area contributed by atoms with Crippen LogP contribution >= 0.6 is 0 Å². The summed E-state index contributed by atoms with van der Waals surface area (Å²) in [6.07, 6.45) is 2.63. The number of nitrogens with one attached hydrogen (secondary N) is 1. The average Bonchev–Trinajstić information content (AvgIpc) is 2.73. The van der Waals surface area contributed by atoms with Crippen molar-refractivity contribution < 1.29 is 14.3 Å². The lowest BCUT2D eigenvalue weighted by atomic mass is 10.3. The summed E-state index contributed by atoms with van der Waals surface area (Å²) in [5, 5.41) is 6.89. The van der Waals surface area contributed by atoms with Crippen LogP contribution in [0.1, 0.15) is 6.42 Å². The standard InChI is InChI=1S/C14H23N5O3/c1-17-7-4-12(16-17)15-13(20)10-18-5-3-6-19(9-8-18)14(21)11-22-2/h4,7H,3,5-6,8-11H2,1-2H3,(H,15,16,20). The SMILES string of the molecule is COCC(=O)N1CCCN(CC(=O)Nc2ccn(C)n2)CC1. The zero-order valence-electron chi connectivity index (χ0n) is 13.1. The molecule has 1 aliphatic heterocycles. The molecule has 0 bridgehead atoms. The van der Waals surface area contributed by atoms with Crippen LogP contribution in [-0.4, -0.2) is 77.8 Å². The second-order valence-electron chi connectivity index (χ2n) is 5.37. The van der Waals surface area contributed by atoms with E-state index in [9.17, 15) is 9.59 Å². The molecule has 8 heteroatoms. The van der Waals surface area contributed by atoms with Gasteiger partial charge in [-0.2, -0.15) is 5.10 Å². The van der Waals surface area contributed by atoms with Crippen LogP contribution in [0.5, 0.6) is 0 Å². The minimum atomic E-state index is -0.0876. The summed E-state index contributed by atoms with van der Waals surface area (Å²) in [6.45, 7) is 3.24. The van der Waals surface area contributed by atoms with E-state index in [1.54, 1.807) is 28.9 Å². The summed E-state index contributed by atoms with van der Waals surface area (Å²) in [4.78, 5) is 27.7. The number of carbonyl (C=O) groups is 2. The van der Waals surface area contributed by atoms with Crippen LogP contribution in [0.3, 0.4) is 0 Å². The molecule has 1 fully saturated rings. The summed E-state index contributed by atoms with van der Waals surface area (Å²) in [7, 11) is 3.32. The molecule has 0 unspecified atom stereocenters. The van der Waals surface area contributed by atoms with Crippen molar-refractivity contribution in [2.24, 2.45) is 7.05 Å². The van der Waals surface area contributed by atoms with E-state index in [-0.39, 0.29) is 18.4 Å². The molecule has 1 saturated heterocycles. The number of anilines is 1. The first-order valence-corrected chi connectivity index (χ1v) is 7.37. The van der Waals surface area contributed by atoms with Crippen LogP contribution in [0, 0.1) is 0 Å². The molecule has 2 rings (SSSR count). The number of aryl methyl sites for hydroxylation is 1. The number of carbonyl (C=O) groups excluding carboxylic acids is 2. The van der Waals surface area contributed by atoms with Crippen molar-refractivity contribution in [2.75, 3.05) is 51.8 Å². The van der Waals surface area contributed by atoms with Gasteiger partial charge in [-0.3, -0.25) is 19.2 Å². The van der Waals surface area contributed by atoms with E-state index in [0.717, 1.165) is 13.0 Å². The fourth-order valence-corrected chi connectivity index (χ4v) is 2.46. The molecule has 22 heavy (non-hydrogen) atoms. The van der Waals surface area contributed by atoms with Gasteiger partial charge < -0.3 is 15.0 Å². The Balaban J connectivity index is 1.78. The van der Waals surface area contributed by atoms with Crippen molar-refractivity contribution in [2.45, 2.75) is 6.42 Å². The molecule has 2 heterocycles. The Morgan fingerprint density at radius 1 is 1.32 bits per heavy atom. The van der Waals surface area contributed by atoms with E-state index >= 15 is 0 Å². The maximum Gasteiger partial charge on any atom is 0.248 e. The van der Waals surface area contributed by atoms with Gasteiger partial charge in [0.2, 0.25) is 11.8 Å². The Labute approximate surface area is 130 Å². The quantitative estimate of drug-likeness (QED) is 0.796. The number of nitrogens with zero attached hydrogens (tertiary/aromatic N) is 4. The van der Waals surface area contributed by atoms with Gasteiger partial charge in [0, 0.05) is 52.6 Å². The highest BCUT2D eigenvalue weighted by atomic mass is 16.5. The Hall–Kier alpha value is -1.93. The highest BCUT2D eigenvalue weighted by Crippen LogP contribution is 2.05. The molecule has 8 nitrogen and oxygen atoms in total. The summed E-state index contributed by atoms with van der Waals surface area (Å²) in [5.41, 5.74) is 0. The van der Waals surface area contributed by atoms with Gasteiger partial charge in [0.25, 0.3) is 0 Å². The van der Waals surface area contributed by atoms with Gasteiger partial charge in [-0.1, -0.05) is 0 Å². The lowest BCUT2D eigenvalue weighted by Crippen LogP contribution is -2.39. The zero-order valence-corrected chi connectivity index (χ0v) is 13.1. The Bertz CT molecular complexity index is 516. The van der Waals surface area contributed by atoms with Gasteiger partial charge in [0.05, 0.1) is 6.54 Å². The zero-order chi connectivity index (χ0) is 15.9. The second kappa shape index (κ2) is 7.90. The summed E-state index contributed by atoms with van der Waals surface area (Å²) >= 11 is 0. The number of amides is 2. The number of methoxy groups -OCH3 is 1. The molecule has 1 aliphatic rings. The van der Waals surface area contributed by atoms with E-state index in [2.05, 4.69) is 15.3 Å². The van der Waals surface area contributed by atoms with Gasteiger partial charge in [-0.25, -0.2) is 0 Å². The Morgan fingerprint density at radius 3 is 2.82 bits per heavy atom. The highest BCUT2D eigenvalue weighted by molar-refractivity contribution is 5.91. The fraction of sp³-hybridized carbons (Fsp3) is 0.643. The van der Waals surface area contributed by atoms with Crippen molar-refractivity contribution in [1.82, 2.24) is 19.6 Å². The van der Waals surface area contributed by atoms with Gasteiger partial charge in [-0.15, -0.1) is 0 Å². The topological polar surface area (TPSA) is 79.7 Å². The van der Waals surface area contributed by atoms with Crippen LogP contribution in [0.4, 0.5) is 5.82 Å². The Kier molecular flexibility index (Phi) is 5.91. The van der Waals surface area contributed by atoms with Crippen LogP contribution in [0.15, 0.2) is 12.3 Å².